The summed E-state index contributed by atoms with van der Waals surface area (Å²) in [4.78, 5) is 65.1. The number of hydrogen-bond donors (Lipinski definition) is 8. The van der Waals surface area contributed by atoms with Crippen molar-refractivity contribution in [1.29, 1.82) is 0 Å². The Kier molecular flexibility index (Phi) is 11.4. The maximum absolute atomic E-state index is 13.2. The topological polar surface area (TPSA) is 230 Å². The second kappa shape index (κ2) is 14.3. The van der Waals surface area contributed by atoms with Crippen molar-refractivity contribution in [3.8, 4) is 0 Å². The number of aromatic nitrogens is 1. The Hall–Kier alpha value is -3.97. The minimum absolute atomic E-state index is 0.00194. The predicted octanol–water partition coefficient (Wildman–Crippen LogP) is -0.731. The molecular formula is C26H38N6O7. The third-order valence-corrected chi connectivity index (χ3v) is 6.19. The molecule has 5 atom stereocenters. The number of H-pyrrole nitrogens is 1. The third kappa shape index (κ3) is 9.37. The quantitative estimate of drug-likeness (QED) is 0.142. The van der Waals surface area contributed by atoms with E-state index in [9.17, 15) is 34.2 Å². The van der Waals surface area contributed by atoms with Crippen LogP contribution in [-0.4, -0.2) is 75.1 Å². The number of carboxylic acids is 1. The molecule has 5 unspecified atom stereocenters. The number of aliphatic hydroxyl groups excluding tert-OH is 1. The highest BCUT2D eigenvalue weighted by atomic mass is 16.4. The van der Waals surface area contributed by atoms with Gasteiger partial charge in [-0.1, -0.05) is 32.0 Å². The van der Waals surface area contributed by atoms with Gasteiger partial charge in [0, 0.05) is 29.9 Å². The number of para-hydroxylation sites is 1. The molecule has 1 heterocycles. The van der Waals surface area contributed by atoms with Gasteiger partial charge in [0.1, 0.15) is 24.2 Å². The third-order valence-electron chi connectivity index (χ3n) is 6.19. The van der Waals surface area contributed by atoms with Crippen molar-refractivity contribution in [2.24, 2.45) is 17.4 Å². The van der Waals surface area contributed by atoms with Gasteiger partial charge in [-0.2, -0.15) is 0 Å². The van der Waals surface area contributed by atoms with Crippen molar-refractivity contribution in [3.63, 3.8) is 0 Å². The van der Waals surface area contributed by atoms with E-state index in [2.05, 4.69) is 20.9 Å². The molecule has 0 aliphatic heterocycles. The van der Waals surface area contributed by atoms with E-state index in [4.69, 9.17) is 11.5 Å². The van der Waals surface area contributed by atoms with Gasteiger partial charge in [0.05, 0.1) is 6.10 Å². The van der Waals surface area contributed by atoms with Crippen molar-refractivity contribution in [3.05, 3.63) is 36.0 Å². The summed E-state index contributed by atoms with van der Waals surface area (Å²) < 4.78 is 0. The maximum atomic E-state index is 13.2. The van der Waals surface area contributed by atoms with E-state index in [0.29, 0.717) is 5.56 Å². The monoisotopic (exact) mass is 546 g/mol. The maximum Gasteiger partial charge on any atom is 0.326 e. The Morgan fingerprint density at radius 1 is 0.923 bits per heavy atom. The summed E-state index contributed by atoms with van der Waals surface area (Å²) in [5.74, 6) is -4.36. The Labute approximate surface area is 226 Å². The van der Waals surface area contributed by atoms with Crippen LogP contribution in [0.15, 0.2) is 30.5 Å². The molecule has 0 radical (unpaired) electrons. The largest absolute Gasteiger partial charge is 0.480 e. The average molecular weight is 547 g/mol. The molecule has 0 saturated carbocycles. The molecule has 0 aliphatic rings. The van der Waals surface area contributed by atoms with Gasteiger partial charge in [-0.15, -0.1) is 0 Å². The van der Waals surface area contributed by atoms with Gasteiger partial charge in [0.25, 0.3) is 0 Å². The Bertz CT molecular complexity index is 1180. The lowest BCUT2D eigenvalue weighted by atomic mass is 10.00. The van der Waals surface area contributed by atoms with Crippen LogP contribution in [0.5, 0.6) is 0 Å². The van der Waals surface area contributed by atoms with Crippen LogP contribution in [0.25, 0.3) is 10.9 Å². The first kappa shape index (κ1) is 31.2. The van der Waals surface area contributed by atoms with Gasteiger partial charge in [-0.05, 0) is 37.3 Å². The molecule has 10 N–H and O–H groups in total. The first-order chi connectivity index (χ1) is 18.3. The summed E-state index contributed by atoms with van der Waals surface area (Å²) in [5, 5.41) is 27.7. The number of primary amides is 1. The molecule has 0 fully saturated rings. The lowest BCUT2D eigenvalue weighted by Gasteiger charge is -2.26. The Morgan fingerprint density at radius 3 is 2.10 bits per heavy atom. The van der Waals surface area contributed by atoms with Crippen LogP contribution in [0.2, 0.25) is 0 Å². The van der Waals surface area contributed by atoms with E-state index in [1.807, 2.05) is 38.1 Å². The molecule has 0 saturated heterocycles. The predicted molar refractivity (Wildman–Crippen MR) is 143 cm³/mol. The van der Waals surface area contributed by atoms with Gasteiger partial charge >= 0.3 is 5.97 Å². The van der Waals surface area contributed by atoms with Crippen molar-refractivity contribution in [2.75, 3.05) is 0 Å². The standard InChI is InChI=1S/C26H38N6O7/c1-13(2)10-19(31-23(35)18(8-9-21(27)34)30-25(37)22(28)14(3)33)24(36)32-20(26(38)39)11-15-12-29-17-7-5-4-6-16(15)17/h4-7,12-14,18-20,22,29,33H,8-11,28H2,1-3H3,(H2,27,34)(H,30,37)(H,31,35)(H,32,36)(H,38,39). The highest BCUT2D eigenvalue weighted by Crippen LogP contribution is 2.19. The van der Waals surface area contributed by atoms with E-state index in [-0.39, 0.29) is 31.6 Å². The van der Waals surface area contributed by atoms with Crippen LogP contribution in [0.4, 0.5) is 0 Å². The number of carbonyl (C=O) groups is 5. The zero-order valence-corrected chi connectivity index (χ0v) is 22.3. The van der Waals surface area contributed by atoms with Crippen LogP contribution < -0.4 is 27.4 Å². The molecule has 0 aliphatic carbocycles. The molecule has 13 nitrogen and oxygen atoms in total. The van der Waals surface area contributed by atoms with Gasteiger partial charge in [-0.25, -0.2) is 4.79 Å². The molecule has 39 heavy (non-hydrogen) atoms. The van der Waals surface area contributed by atoms with Gasteiger partial charge in [-0.3, -0.25) is 19.2 Å². The number of aliphatic carboxylic acids is 1. The number of carbonyl (C=O) groups excluding carboxylic acids is 4. The van der Waals surface area contributed by atoms with Gasteiger partial charge in [0.15, 0.2) is 0 Å². The molecule has 214 valence electrons. The van der Waals surface area contributed by atoms with Crippen molar-refractivity contribution in [2.45, 2.75) is 76.7 Å². The molecule has 1 aromatic carbocycles. The molecule has 2 aromatic rings. The van der Waals surface area contributed by atoms with Crippen LogP contribution in [0.1, 0.15) is 45.6 Å². The number of amides is 4. The fourth-order valence-electron chi connectivity index (χ4n) is 4.01. The first-order valence-corrected chi connectivity index (χ1v) is 12.7. The van der Waals surface area contributed by atoms with Gasteiger partial charge < -0.3 is 42.6 Å². The summed E-state index contributed by atoms with van der Waals surface area (Å²) in [6.45, 7) is 4.95. The second-order valence-corrected chi connectivity index (χ2v) is 9.99. The number of hydrogen-bond acceptors (Lipinski definition) is 7. The number of carboxylic acid groups (broad SMARTS) is 1. The van der Waals surface area contributed by atoms with E-state index < -0.39 is 59.9 Å². The van der Waals surface area contributed by atoms with Crippen LogP contribution >= 0.6 is 0 Å². The highest BCUT2D eigenvalue weighted by molar-refractivity contribution is 5.94. The number of rotatable bonds is 15. The fourth-order valence-corrected chi connectivity index (χ4v) is 4.01. The summed E-state index contributed by atoms with van der Waals surface area (Å²) in [6, 6.07) is 2.33. The number of benzene rings is 1. The van der Waals surface area contributed by atoms with Crippen molar-refractivity contribution in [1.82, 2.24) is 20.9 Å². The Balaban J connectivity index is 2.20. The minimum Gasteiger partial charge on any atom is -0.480 e. The molecule has 0 spiro atoms. The number of fused-ring (bicyclic) bond motifs is 1. The second-order valence-electron chi connectivity index (χ2n) is 9.99. The SMILES string of the molecule is CC(C)CC(NC(=O)C(CCC(N)=O)NC(=O)C(N)C(C)O)C(=O)NC(Cc1c[nH]c2ccccc12)C(=O)O. The summed E-state index contributed by atoms with van der Waals surface area (Å²) in [7, 11) is 0. The number of aliphatic hydroxyl groups is 1. The molecule has 2 rings (SSSR count). The average Bonchev–Trinajstić information content (AvgIpc) is 3.27. The number of nitrogens with one attached hydrogen (secondary N) is 4. The molecule has 0 bridgehead atoms. The molecule has 1 aromatic heterocycles. The fraction of sp³-hybridized carbons (Fsp3) is 0.500. The zero-order valence-electron chi connectivity index (χ0n) is 22.3. The zero-order chi connectivity index (χ0) is 29.3. The number of aromatic amines is 1. The lowest BCUT2D eigenvalue weighted by Crippen LogP contribution is -2.58. The minimum atomic E-state index is -1.33. The van der Waals surface area contributed by atoms with E-state index in [1.165, 1.54) is 6.92 Å². The van der Waals surface area contributed by atoms with Gasteiger partial charge in [0.2, 0.25) is 23.6 Å². The lowest BCUT2D eigenvalue weighted by molar-refractivity contribution is -0.142. The van der Waals surface area contributed by atoms with Crippen LogP contribution in [0.3, 0.4) is 0 Å². The van der Waals surface area contributed by atoms with Crippen LogP contribution in [0, 0.1) is 5.92 Å². The van der Waals surface area contributed by atoms with Crippen molar-refractivity contribution < 1.29 is 34.2 Å². The molecule has 13 heteroatoms. The van der Waals surface area contributed by atoms with E-state index >= 15 is 0 Å². The van der Waals surface area contributed by atoms with E-state index in [0.717, 1.165) is 10.9 Å². The Morgan fingerprint density at radius 2 is 1.51 bits per heavy atom. The van der Waals surface area contributed by atoms with Crippen LogP contribution in [-0.2, 0) is 30.4 Å². The molecule has 4 amide bonds. The summed E-state index contributed by atoms with van der Waals surface area (Å²) in [6.07, 6.45) is 0.240. The first-order valence-electron chi connectivity index (χ1n) is 12.7. The summed E-state index contributed by atoms with van der Waals surface area (Å²) >= 11 is 0. The van der Waals surface area contributed by atoms with Crippen molar-refractivity contribution >= 4 is 40.5 Å². The number of nitrogens with two attached hydrogens (primary N) is 2. The summed E-state index contributed by atoms with van der Waals surface area (Å²) in [5.41, 5.74) is 12.4. The highest BCUT2D eigenvalue weighted by Gasteiger charge is 2.31. The normalized spacial score (nSPS) is 15.1. The van der Waals surface area contributed by atoms with E-state index in [1.54, 1.807) is 6.20 Å². The smallest absolute Gasteiger partial charge is 0.326 e. The molecular weight excluding hydrogens is 508 g/mol.